The molecule has 0 aromatic heterocycles. The molecule has 0 spiro atoms. The summed E-state index contributed by atoms with van der Waals surface area (Å²) in [6, 6.07) is 5.43. The van der Waals surface area contributed by atoms with Gasteiger partial charge in [-0.25, -0.2) is 4.79 Å². The predicted octanol–water partition coefficient (Wildman–Crippen LogP) is 1.92. The molecule has 1 aromatic carbocycles. The van der Waals surface area contributed by atoms with Gasteiger partial charge in [0.05, 0.1) is 16.5 Å². The zero-order chi connectivity index (χ0) is 11.4. The summed E-state index contributed by atoms with van der Waals surface area (Å²) in [7, 11) is 0. The second kappa shape index (κ2) is 4.41. The number of nitrogens with zero attached hydrogens (tertiary/aromatic N) is 1. The maximum Gasteiger partial charge on any atom is 0.405 e. The Hall–Kier alpha value is -2.11. The number of hydrogen-bond acceptors (Lipinski definition) is 3. The highest BCUT2D eigenvalue weighted by atomic mass is 16.6. The van der Waals surface area contributed by atoms with Gasteiger partial charge in [0, 0.05) is 6.07 Å². The largest absolute Gasteiger partial charge is 0.465 e. The number of carbonyl (C=O) groups is 1. The lowest BCUT2D eigenvalue weighted by atomic mass is 10.1. The molecule has 0 radical (unpaired) electrons. The molecule has 0 saturated heterocycles. The summed E-state index contributed by atoms with van der Waals surface area (Å²) in [5.74, 6) is 0. The van der Waals surface area contributed by atoms with Gasteiger partial charge in [-0.2, -0.15) is 0 Å². The molecule has 1 unspecified atom stereocenters. The fourth-order valence-corrected chi connectivity index (χ4v) is 1.28. The first-order valence-corrected chi connectivity index (χ1v) is 4.25. The smallest absolute Gasteiger partial charge is 0.405 e. The average molecular weight is 210 g/mol. The standard InChI is InChI=1S/C9H10N2O4/c1-6(10-9(12)13)7-4-2-3-5-8(7)11(14)15/h2-6,10H,1H3,(H,12,13). The minimum absolute atomic E-state index is 0.0845. The molecule has 1 amide bonds. The van der Waals surface area contributed by atoms with Crippen LogP contribution in [0.2, 0.25) is 0 Å². The highest BCUT2D eigenvalue weighted by Gasteiger charge is 2.18. The summed E-state index contributed by atoms with van der Waals surface area (Å²) in [6.07, 6.45) is -1.21. The highest BCUT2D eigenvalue weighted by molar-refractivity contribution is 5.65. The Kier molecular flexibility index (Phi) is 3.22. The zero-order valence-electron chi connectivity index (χ0n) is 8.01. The molecule has 2 N–H and O–H groups in total. The van der Waals surface area contributed by atoms with E-state index in [2.05, 4.69) is 5.32 Å². The van der Waals surface area contributed by atoms with Gasteiger partial charge in [0.2, 0.25) is 0 Å². The van der Waals surface area contributed by atoms with Crippen LogP contribution in [0.15, 0.2) is 24.3 Å². The summed E-state index contributed by atoms with van der Waals surface area (Å²) in [6.45, 7) is 1.55. The van der Waals surface area contributed by atoms with E-state index >= 15 is 0 Å². The predicted molar refractivity (Wildman–Crippen MR) is 52.7 cm³/mol. The van der Waals surface area contributed by atoms with Crippen molar-refractivity contribution in [1.29, 1.82) is 0 Å². The lowest BCUT2D eigenvalue weighted by Crippen LogP contribution is -2.24. The van der Waals surface area contributed by atoms with Gasteiger partial charge >= 0.3 is 6.09 Å². The maximum absolute atomic E-state index is 10.6. The second-order valence-corrected chi connectivity index (χ2v) is 2.99. The number of para-hydroxylation sites is 1. The topological polar surface area (TPSA) is 92.5 Å². The van der Waals surface area contributed by atoms with E-state index in [0.717, 1.165) is 0 Å². The van der Waals surface area contributed by atoms with Crippen LogP contribution in [0.3, 0.4) is 0 Å². The Morgan fingerprint density at radius 2 is 2.13 bits per heavy atom. The van der Waals surface area contributed by atoms with Crippen molar-refractivity contribution in [1.82, 2.24) is 5.32 Å². The molecule has 0 aliphatic carbocycles. The monoisotopic (exact) mass is 210 g/mol. The molecule has 15 heavy (non-hydrogen) atoms. The lowest BCUT2D eigenvalue weighted by molar-refractivity contribution is -0.385. The molecule has 0 heterocycles. The number of rotatable bonds is 3. The molecule has 1 rings (SSSR count). The molecular weight excluding hydrogens is 200 g/mol. The van der Waals surface area contributed by atoms with Crippen LogP contribution in [0.5, 0.6) is 0 Å². The minimum atomic E-state index is -1.21. The van der Waals surface area contributed by atoms with E-state index < -0.39 is 17.1 Å². The molecular formula is C9H10N2O4. The Bertz CT molecular complexity index is 391. The van der Waals surface area contributed by atoms with Gasteiger partial charge in [0.25, 0.3) is 5.69 Å². The Balaban J connectivity index is 3.02. The number of amides is 1. The van der Waals surface area contributed by atoms with Gasteiger partial charge in [0.1, 0.15) is 0 Å². The van der Waals surface area contributed by atoms with Gasteiger partial charge in [0.15, 0.2) is 0 Å². The van der Waals surface area contributed by atoms with Crippen LogP contribution < -0.4 is 5.32 Å². The summed E-state index contributed by atoms with van der Waals surface area (Å²) in [5.41, 5.74) is 0.267. The maximum atomic E-state index is 10.6. The molecule has 0 saturated carbocycles. The van der Waals surface area contributed by atoms with Crippen LogP contribution in [-0.4, -0.2) is 16.1 Å². The van der Waals surface area contributed by atoms with E-state index in [4.69, 9.17) is 5.11 Å². The third-order valence-electron chi connectivity index (χ3n) is 1.94. The van der Waals surface area contributed by atoms with E-state index in [1.807, 2.05) is 0 Å². The minimum Gasteiger partial charge on any atom is -0.465 e. The molecule has 6 heteroatoms. The van der Waals surface area contributed by atoms with Gasteiger partial charge in [-0.05, 0) is 6.92 Å². The van der Waals surface area contributed by atoms with Crippen molar-refractivity contribution in [3.05, 3.63) is 39.9 Å². The van der Waals surface area contributed by atoms with Crippen LogP contribution in [0.1, 0.15) is 18.5 Å². The quantitative estimate of drug-likeness (QED) is 0.588. The summed E-state index contributed by atoms with van der Waals surface area (Å²) in [5, 5.41) is 21.3. The Morgan fingerprint density at radius 3 is 2.67 bits per heavy atom. The van der Waals surface area contributed by atoms with Crippen LogP contribution in [-0.2, 0) is 0 Å². The van der Waals surface area contributed by atoms with Gasteiger partial charge < -0.3 is 10.4 Å². The fourth-order valence-electron chi connectivity index (χ4n) is 1.28. The van der Waals surface area contributed by atoms with Crippen molar-refractivity contribution in [3.8, 4) is 0 Å². The number of nitrogens with one attached hydrogen (secondary N) is 1. The van der Waals surface area contributed by atoms with Crippen molar-refractivity contribution < 1.29 is 14.8 Å². The van der Waals surface area contributed by atoms with Crippen molar-refractivity contribution >= 4 is 11.8 Å². The highest BCUT2D eigenvalue weighted by Crippen LogP contribution is 2.23. The summed E-state index contributed by atoms with van der Waals surface area (Å²) in [4.78, 5) is 20.5. The molecule has 1 aromatic rings. The van der Waals surface area contributed by atoms with Crippen molar-refractivity contribution in [3.63, 3.8) is 0 Å². The number of nitro benzene ring substituents is 1. The third-order valence-corrected chi connectivity index (χ3v) is 1.94. The lowest BCUT2D eigenvalue weighted by Gasteiger charge is -2.11. The Labute approximate surface area is 85.7 Å². The summed E-state index contributed by atoms with van der Waals surface area (Å²) >= 11 is 0. The van der Waals surface area contributed by atoms with Gasteiger partial charge in [-0.3, -0.25) is 10.1 Å². The van der Waals surface area contributed by atoms with Crippen molar-refractivity contribution in [2.24, 2.45) is 0 Å². The van der Waals surface area contributed by atoms with E-state index in [1.165, 1.54) is 18.2 Å². The SMILES string of the molecule is CC(NC(=O)O)c1ccccc1[N+](=O)[O-]. The number of benzene rings is 1. The molecule has 0 aliphatic rings. The normalized spacial score (nSPS) is 11.8. The molecule has 6 nitrogen and oxygen atoms in total. The average Bonchev–Trinajstić information content (AvgIpc) is 2.16. The first-order chi connectivity index (χ1) is 7.02. The Morgan fingerprint density at radius 1 is 1.53 bits per heavy atom. The number of carboxylic acid groups (broad SMARTS) is 1. The molecule has 0 fully saturated rings. The van der Waals surface area contributed by atoms with E-state index in [0.29, 0.717) is 5.56 Å². The van der Waals surface area contributed by atoms with E-state index in [-0.39, 0.29) is 5.69 Å². The zero-order valence-corrected chi connectivity index (χ0v) is 8.01. The van der Waals surface area contributed by atoms with Crippen molar-refractivity contribution in [2.45, 2.75) is 13.0 Å². The van der Waals surface area contributed by atoms with Crippen LogP contribution in [0, 0.1) is 10.1 Å². The van der Waals surface area contributed by atoms with Gasteiger partial charge in [-0.15, -0.1) is 0 Å². The van der Waals surface area contributed by atoms with Crippen LogP contribution in [0.25, 0.3) is 0 Å². The van der Waals surface area contributed by atoms with Gasteiger partial charge in [-0.1, -0.05) is 18.2 Å². The molecule has 80 valence electrons. The number of hydrogen-bond donors (Lipinski definition) is 2. The third kappa shape index (κ3) is 2.67. The second-order valence-electron chi connectivity index (χ2n) is 2.99. The van der Waals surface area contributed by atoms with E-state index in [9.17, 15) is 14.9 Å². The van der Waals surface area contributed by atoms with Crippen LogP contribution >= 0.6 is 0 Å². The van der Waals surface area contributed by atoms with Crippen molar-refractivity contribution in [2.75, 3.05) is 0 Å². The molecule has 0 bridgehead atoms. The molecule has 0 aliphatic heterocycles. The number of nitro groups is 1. The summed E-state index contributed by atoms with van der Waals surface area (Å²) < 4.78 is 0. The first-order valence-electron chi connectivity index (χ1n) is 4.25. The van der Waals surface area contributed by atoms with E-state index in [1.54, 1.807) is 13.0 Å². The first kappa shape index (κ1) is 11.0. The molecule has 1 atom stereocenters. The fraction of sp³-hybridized carbons (Fsp3) is 0.222. The van der Waals surface area contributed by atoms with Crippen LogP contribution in [0.4, 0.5) is 10.5 Å².